The zero-order valence-electron chi connectivity index (χ0n) is 12.3. The molecule has 0 saturated carbocycles. The van der Waals surface area contributed by atoms with E-state index in [1.807, 2.05) is 0 Å². The van der Waals surface area contributed by atoms with Crippen molar-refractivity contribution in [1.82, 2.24) is 0 Å². The van der Waals surface area contributed by atoms with Crippen LogP contribution in [0.4, 0.5) is 0 Å². The summed E-state index contributed by atoms with van der Waals surface area (Å²) >= 11 is 0. The van der Waals surface area contributed by atoms with Crippen molar-refractivity contribution in [2.45, 2.75) is 83.6 Å². The van der Waals surface area contributed by atoms with Crippen LogP contribution in [-0.4, -0.2) is 19.3 Å². The molecule has 0 aromatic carbocycles. The molecule has 1 atom stereocenters. The van der Waals surface area contributed by atoms with Gasteiger partial charge in [0.1, 0.15) is 0 Å². The van der Waals surface area contributed by atoms with Gasteiger partial charge in [0.25, 0.3) is 0 Å². The van der Waals surface area contributed by atoms with E-state index >= 15 is 0 Å². The van der Waals surface area contributed by atoms with E-state index in [4.69, 9.17) is 10.5 Å². The van der Waals surface area contributed by atoms with Crippen LogP contribution in [-0.2, 0) is 4.74 Å². The van der Waals surface area contributed by atoms with Crippen LogP contribution in [0.5, 0.6) is 0 Å². The average molecular weight is 255 g/mol. The van der Waals surface area contributed by atoms with Crippen LogP contribution >= 0.6 is 0 Å². The van der Waals surface area contributed by atoms with Gasteiger partial charge in [-0.25, -0.2) is 0 Å². The van der Waals surface area contributed by atoms with E-state index in [2.05, 4.69) is 6.92 Å². The van der Waals surface area contributed by atoms with Crippen molar-refractivity contribution < 1.29 is 4.74 Å². The summed E-state index contributed by atoms with van der Waals surface area (Å²) in [4.78, 5) is 0. The van der Waals surface area contributed by atoms with Crippen molar-refractivity contribution in [1.29, 1.82) is 0 Å². The SMILES string of the molecule is CCCCCCCCCCC(N)C1CCOCC1. The fourth-order valence-corrected chi connectivity index (χ4v) is 2.89. The van der Waals surface area contributed by atoms with Crippen molar-refractivity contribution in [3.63, 3.8) is 0 Å². The highest BCUT2D eigenvalue weighted by atomic mass is 16.5. The van der Waals surface area contributed by atoms with E-state index < -0.39 is 0 Å². The molecule has 1 aliphatic rings. The Morgan fingerprint density at radius 3 is 2.11 bits per heavy atom. The van der Waals surface area contributed by atoms with Crippen molar-refractivity contribution in [3.05, 3.63) is 0 Å². The number of unbranched alkanes of at least 4 members (excludes halogenated alkanes) is 7. The summed E-state index contributed by atoms with van der Waals surface area (Å²) in [6, 6.07) is 0.425. The molecule has 0 aromatic rings. The third kappa shape index (κ3) is 7.38. The van der Waals surface area contributed by atoms with Gasteiger partial charge in [-0.05, 0) is 25.2 Å². The summed E-state index contributed by atoms with van der Waals surface area (Å²) in [6.45, 7) is 4.13. The summed E-state index contributed by atoms with van der Waals surface area (Å²) in [7, 11) is 0. The lowest BCUT2D eigenvalue weighted by Gasteiger charge is -2.27. The maximum absolute atomic E-state index is 6.27. The Hall–Kier alpha value is -0.0800. The quantitative estimate of drug-likeness (QED) is 0.592. The summed E-state index contributed by atoms with van der Waals surface area (Å²) < 4.78 is 5.38. The predicted molar refractivity (Wildman–Crippen MR) is 78.7 cm³/mol. The van der Waals surface area contributed by atoms with E-state index in [0.29, 0.717) is 6.04 Å². The van der Waals surface area contributed by atoms with Gasteiger partial charge < -0.3 is 10.5 Å². The standard InChI is InChI=1S/C16H33NO/c1-2-3-4-5-6-7-8-9-10-16(17)15-11-13-18-14-12-15/h15-16H,2-14,17H2,1H3. The predicted octanol–water partition coefficient (Wildman–Crippen LogP) is 4.27. The van der Waals surface area contributed by atoms with Crippen molar-refractivity contribution in [3.8, 4) is 0 Å². The highest BCUT2D eigenvalue weighted by molar-refractivity contribution is 4.75. The molecule has 1 rings (SSSR count). The second-order valence-corrected chi connectivity index (χ2v) is 5.88. The Balaban J connectivity index is 1.87. The molecule has 1 heterocycles. The van der Waals surface area contributed by atoms with Crippen LogP contribution in [0, 0.1) is 5.92 Å². The second-order valence-electron chi connectivity index (χ2n) is 5.88. The first-order valence-electron chi connectivity index (χ1n) is 8.18. The Morgan fingerprint density at radius 2 is 1.50 bits per heavy atom. The monoisotopic (exact) mass is 255 g/mol. The lowest BCUT2D eigenvalue weighted by atomic mass is 9.89. The maximum Gasteiger partial charge on any atom is 0.0469 e. The maximum atomic E-state index is 6.27. The normalized spacial score (nSPS) is 19.0. The number of ether oxygens (including phenoxy) is 1. The van der Waals surface area contributed by atoms with Crippen LogP contribution in [0.15, 0.2) is 0 Å². The fourth-order valence-electron chi connectivity index (χ4n) is 2.89. The van der Waals surface area contributed by atoms with Crippen LogP contribution in [0.3, 0.4) is 0 Å². The molecule has 2 heteroatoms. The third-order valence-corrected chi connectivity index (χ3v) is 4.26. The lowest BCUT2D eigenvalue weighted by molar-refractivity contribution is 0.0572. The zero-order chi connectivity index (χ0) is 13.1. The molecular weight excluding hydrogens is 222 g/mol. The number of rotatable bonds is 10. The molecule has 0 spiro atoms. The molecule has 0 bridgehead atoms. The van der Waals surface area contributed by atoms with Gasteiger partial charge in [0.05, 0.1) is 0 Å². The highest BCUT2D eigenvalue weighted by Gasteiger charge is 2.20. The molecule has 0 aromatic heterocycles. The van der Waals surface area contributed by atoms with Crippen LogP contribution in [0.1, 0.15) is 77.6 Å². The van der Waals surface area contributed by atoms with E-state index in [1.165, 1.54) is 70.6 Å². The van der Waals surface area contributed by atoms with Gasteiger partial charge in [-0.3, -0.25) is 0 Å². The fraction of sp³-hybridized carbons (Fsp3) is 1.00. The van der Waals surface area contributed by atoms with E-state index in [0.717, 1.165) is 19.1 Å². The first-order valence-corrected chi connectivity index (χ1v) is 8.18. The van der Waals surface area contributed by atoms with Crippen LogP contribution in [0.25, 0.3) is 0 Å². The average Bonchev–Trinajstić information content (AvgIpc) is 2.42. The van der Waals surface area contributed by atoms with Crippen LogP contribution < -0.4 is 5.73 Å². The molecule has 1 fully saturated rings. The second kappa shape index (κ2) is 10.8. The molecule has 1 aliphatic heterocycles. The Labute approximate surface area is 114 Å². The molecule has 0 amide bonds. The first-order chi connectivity index (χ1) is 8.84. The van der Waals surface area contributed by atoms with Crippen LogP contribution in [0.2, 0.25) is 0 Å². The summed E-state index contributed by atoms with van der Waals surface area (Å²) in [5.41, 5.74) is 6.27. The topological polar surface area (TPSA) is 35.2 Å². The van der Waals surface area contributed by atoms with Gasteiger partial charge in [-0.2, -0.15) is 0 Å². The Kier molecular flexibility index (Phi) is 9.59. The van der Waals surface area contributed by atoms with Crippen molar-refractivity contribution >= 4 is 0 Å². The van der Waals surface area contributed by atoms with Gasteiger partial charge in [-0.1, -0.05) is 58.3 Å². The smallest absolute Gasteiger partial charge is 0.0469 e. The Morgan fingerprint density at radius 1 is 0.944 bits per heavy atom. The van der Waals surface area contributed by atoms with E-state index in [1.54, 1.807) is 0 Å². The van der Waals surface area contributed by atoms with E-state index in [-0.39, 0.29) is 0 Å². The van der Waals surface area contributed by atoms with Crippen molar-refractivity contribution in [2.75, 3.05) is 13.2 Å². The molecule has 0 aliphatic carbocycles. The van der Waals surface area contributed by atoms with Gasteiger partial charge in [0.2, 0.25) is 0 Å². The molecule has 1 saturated heterocycles. The number of hydrogen-bond acceptors (Lipinski definition) is 2. The molecular formula is C16H33NO. The Bertz CT molecular complexity index is 178. The molecule has 18 heavy (non-hydrogen) atoms. The van der Waals surface area contributed by atoms with Gasteiger partial charge in [0.15, 0.2) is 0 Å². The third-order valence-electron chi connectivity index (χ3n) is 4.26. The number of nitrogens with two attached hydrogens (primary N) is 1. The number of hydrogen-bond donors (Lipinski definition) is 1. The molecule has 1 unspecified atom stereocenters. The molecule has 2 N–H and O–H groups in total. The minimum Gasteiger partial charge on any atom is -0.381 e. The summed E-state index contributed by atoms with van der Waals surface area (Å²) in [5, 5.41) is 0. The van der Waals surface area contributed by atoms with Gasteiger partial charge >= 0.3 is 0 Å². The molecule has 2 nitrogen and oxygen atoms in total. The summed E-state index contributed by atoms with van der Waals surface area (Å²) in [5.74, 6) is 0.725. The van der Waals surface area contributed by atoms with Gasteiger partial charge in [-0.15, -0.1) is 0 Å². The largest absolute Gasteiger partial charge is 0.381 e. The van der Waals surface area contributed by atoms with Crippen molar-refractivity contribution in [2.24, 2.45) is 11.7 Å². The summed E-state index contributed by atoms with van der Waals surface area (Å²) in [6.07, 6.45) is 14.7. The molecule has 108 valence electrons. The lowest BCUT2D eigenvalue weighted by Crippen LogP contribution is -2.34. The highest BCUT2D eigenvalue weighted by Crippen LogP contribution is 2.21. The minimum absolute atomic E-state index is 0.425. The van der Waals surface area contributed by atoms with Gasteiger partial charge in [0, 0.05) is 19.3 Å². The van der Waals surface area contributed by atoms with E-state index in [9.17, 15) is 0 Å². The first kappa shape index (κ1) is 16.0. The zero-order valence-corrected chi connectivity index (χ0v) is 12.3. The minimum atomic E-state index is 0.425. The molecule has 0 radical (unpaired) electrons.